The lowest BCUT2D eigenvalue weighted by molar-refractivity contribution is 0.0391. The molecular formula is C22H22FN3O3S. The van der Waals surface area contributed by atoms with Crippen molar-refractivity contribution < 1.29 is 18.7 Å². The lowest BCUT2D eigenvalue weighted by Crippen LogP contribution is -2.43. The number of halogens is 1. The van der Waals surface area contributed by atoms with E-state index in [0.717, 1.165) is 13.1 Å². The SMILES string of the molecule is CC(=O)c1ccc(C(=O)N(CCN2CCOCC2)c2nc3ccc(F)cc3s2)cc1. The highest BCUT2D eigenvalue weighted by Crippen LogP contribution is 2.30. The Kier molecular flexibility index (Phi) is 6.17. The Balaban J connectivity index is 1.62. The Hall–Kier alpha value is -2.68. The maximum Gasteiger partial charge on any atom is 0.260 e. The number of carbonyl (C=O) groups excluding carboxylic acids is 2. The van der Waals surface area contributed by atoms with Crippen molar-refractivity contribution in [2.75, 3.05) is 44.3 Å². The quantitative estimate of drug-likeness (QED) is 0.563. The minimum atomic E-state index is -0.330. The summed E-state index contributed by atoms with van der Waals surface area (Å²) in [6.45, 7) is 5.63. The molecule has 1 saturated heterocycles. The van der Waals surface area contributed by atoms with Gasteiger partial charge in [0.25, 0.3) is 5.91 Å². The first-order valence-corrected chi connectivity index (χ1v) is 10.6. The van der Waals surface area contributed by atoms with Crippen LogP contribution in [0, 0.1) is 5.82 Å². The van der Waals surface area contributed by atoms with E-state index in [4.69, 9.17) is 4.74 Å². The van der Waals surface area contributed by atoms with E-state index < -0.39 is 0 Å². The monoisotopic (exact) mass is 427 g/mol. The second-order valence-corrected chi connectivity index (χ2v) is 8.16. The summed E-state index contributed by atoms with van der Waals surface area (Å²) in [6.07, 6.45) is 0. The zero-order valence-corrected chi connectivity index (χ0v) is 17.5. The maximum absolute atomic E-state index is 13.6. The maximum atomic E-state index is 13.6. The molecule has 1 aliphatic heterocycles. The lowest BCUT2D eigenvalue weighted by atomic mass is 10.1. The van der Waals surface area contributed by atoms with Crippen LogP contribution < -0.4 is 4.90 Å². The van der Waals surface area contributed by atoms with E-state index >= 15 is 0 Å². The Labute approximate surface area is 177 Å². The molecule has 3 aromatic rings. The number of amides is 1. The summed E-state index contributed by atoms with van der Waals surface area (Å²) in [5, 5.41) is 0.532. The second-order valence-electron chi connectivity index (χ2n) is 7.15. The Morgan fingerprint density at radius 2 is 1.83 bits per heavy atom. The van der Waals surface area contributed by atoms with Crippen molar-refractivity contribution in [2.24, 2.45) is 0 Å². The van der Waals surface area contributed by atoms with Crippen LogP contribution in [0.25, 0.3) is 10.2 Å². The Morgan fingerprint density at radius 3 is 2.53 bits per heavy atom. The lowest BCUT2D eigenvalue weighted by Gasteiger charge is -2.29. The summed E-state index contributed by atoms with van der Waals surface area (Å²) in [4.78, 5) is 33.3. The number of aromatic nitrogens is 1. The van der Waals surface area contributed by atoms with Crippen molar-refractivity contribution in [3.8, 4) is 0 Å². The molecule has 0 saturated carbocycles. The number of Topliss-reactive ketones (excluding diaryl/α,β-unsaturated/α-hetero) is 1. The summed E-state index contributed by atoms with van der Waals surface area (Å²) < 4.78 is 19.7. The first-order chi connectivity index (χ1) is 14.5. The van der Waals surface area contributed by atoms with Gasteiger partial charge in [-0.05, 0) is 37.3 Å². The Morgan fingerprint density at radius 1 is 1.13 bits per heavy atom. The normalized spacial score (nSPS) is 14.7. The van der Waals surface area contributed by atoms with Gasteiger partial charge in [-0.25, -0.2) is 9.37 Å². The van der Waals surface area contributed by atoms with Crippen LogP contribution in [0.5, 0.6) is 0 Å². The fourth-order valence-electron chi connectivity index (χ4n) is 3.36. The van der Waals surface area contributed by atoms with Crippen molar-refractivity contribution in [1.82, 2.24) is 9.88 Å². The van der Waals surface area contributed by atoms with Gasteiger partial charge < -0.3 is 4.74 Å². The Bertz CT molecular complexity index is 1060. The number of nitrogens with zero attached hydrogens (tertiary/aromatic N) is 3. The molecule has 0 unspecified atom stereocenters. The molecule has 0 atom stereocenters. The van der Waals surface area contributed by atoms with Crippen molar-refractivity contribution in [1.29, 1.82) is 0 Å². The average molecular weight is 428 g/mol. The molecule has 1 aliphatic rings. The number of ether oxygens (including phenoxy) is 1. The van der Waals surface area contributed by atoms with Gasteiger partial charge in [-0.2, -0.15) is 0 Å². The number of thiazole rings is 1. The molecule has 1 fully saturated rings. The summed E-state index contributed by atoms with van der Waals surface area (Å²) in [5.41, 5.74) is 1.70. The van der Waals surface area contributed by atoms with Crippen LogP contribution in [0.2, 0.25) is 0 Å². The molecule has 2 heterocycles. The van der Waals surface area contributed by atoms with Crippen LogP contribution in [0.3, 0.4) is 0 Å². The highest BCUT2D eigenvalue weighted by atomic mass is 32.1. The van der Waals surface area contributed by atoms with E-state index in [1.165, 1.54) is 30.4 Å². The van der Waals surface area contributed by atoms with Crippen LogP contribution in [-0.2, 0) is 4.74 Å². The molecule has 30 heavy (non-hydrogen) atoms. The molecule has 1 amide bonds. The van der Waals surface area contributed by atoms with Crippen LogP contribution >= 0.6 is 11.3 Å². The summed E-state index contributed by atoms with van der Waals surface area (Å²) >= 11 is 1.29. The van der Waals surface area contributed by atoms with Gasteiger partial charge in [0.2, 0.25) is 0 Å². The molecule has 0 bridgehead atoms. The predicted octanol–water partition coefficient (Wildman–Crippen LogP) is 3.62. The number of rotatable bonds is 6. The minimum Gasteiger partial charge on any atom is -0.379 e. The molecule has 156 valence electrons. The van der Waals surface area contributed by atoms with E-state index in [2.05, 4.69) is 9.88 Å². The van der Waals surface area contributed by atoms with Crippen LogP contribution in [-0.4, -0.2) is 61.0 Å². The molecule has 4 rings (SSSR count). The van der Waals surface area contributed by atoms with Gasteiger partial charge in [0.05, 0.1) is 23.4 Å². The number of benzene rings is 2. The number of morpholine rings is 1. The number of anilines is 1. The van der Waals surface area contributed by atoms with Crippen molar-refractivity contribution in [3.05, 3.63) is 59.4 Å². The number of fused-ring (bicyclic) bond motifs is 1. The van der Waals surface area contributed by atoms with Crippen molar-refractivity contribution in [3.63, 3.8) is 0 Å². The minimum absolute atomic E-state index is 0.0497. The third kappa shape index (κ3) is 4.56. The molecule has 0 radical (unpaired) electrons. The van der Waals surface area contributed by atoms with Crippen LogP contribution in [0.4, 0.5) is 9.52 Å². The smallest absolute Gasteiger partial charge is 0.260 e. The van der Waals surface area contributed by atoms with E-state index in [1.807, 2.05) is 0 Å². The van der Waals surface area contributed by atoms with E-state index in [-0.39, 0.29) is 17.5 Å². The highest BCUT2D eigenvalue weighted by molar-refractivity contribution is 7.22. The molecule has 2 aromatic carbocycles. The zero-order valence-electron chi connectivity index (χ0n) is 16.6. The van der Waals surface area contributed by atoms with E-state index in [0.29, 0.717) is 52.8 Å². The fraction of sp³-hybridized carbons (Fsp3) is 0.318. The van der Waals surface area contributed by atoms with Gasteiger partial charge in [0.15, 0.2) is 10.9 Å². The molecule has 1 aromatic heterocycles. The third-order valence-corrected chi connectivity index (χ3v) is 6.14. The number of carbonyl (C=O) groups is 2. The number of hydrogen-bond donors (Lipinski definition) is 0. The predicted molar refractivity (Wildman–Crippen MR) is 115 cm³/mol. The van der Waals surface area contributed by atoms with Crippen LogP contribution in [0.15, 0.2) is 42.5 Å². The topological polar surface area (TPSA) is 62.7 Å². The third-order valence-electron chi connectivity index (χ3n) is 5.10. The largest absolute Gasteiger partial charge is 0.379 e. The average Bonchev–Trinajstić information content (AvgIpc) is 3.17. The van der Waals surface area contributed by atoms with Gasteiger partial charge in [0.1, 0.15) is 5.82 Å². The molecular weight excluding hydrogens is 405 g/mol. The van der Waals surface area contributed by atoms with Crippen molar-refractivity contribution in [2.45, 2.75) is 6.92 Å². The molecule has 6 nitrogen and oxygen atoms in total. The standard InChI is InChI=1S/C22H22FN3O3S/c1-15(27)16-2-4-17(5-3-16)21(28)26(9-8-25-10-12-29-13-11-25)22-24-19-7-6-18(23)14-20(19)30-22/h2-7,14H,8-13H2,1H3. The zero-order chi connectivity index (χ0) is 21.1. The van der Waals surface area contributed by atoms with E-state index in [9.17, 15) is 14.0 Å². The van der Waals surface area contributed by atoms with Crippen LogP contribution in [0.1, 0.15) is 27.6 Å². The van der Waals surface area contributed by atoms with Gasteiger partial charge in [0, 0.05) is 37.3 Å². The fourth-order valence-corrected chi connectivity index (χ4v) is 4.37. The molecule has 8 heteroatoms. The summed E-state index contributed by atoms with van der Waals surface area (Å²) in [5.74, 6) is -0.576. The molecule has 0 aliphatic carbocycles. The number of hydrogen-bond acceptors (Lipinski definition) is 6. The van der Waals surface area contributed by atoms with E-state index in [1.54, 1.807) is 35.2 Å². The highest BCUT2D eigenvalue weighted by Gasteiger charge is 2.23. The number of ketones is 1. The van der Waals surface area contributed by atoms with Gasteiger partial charge in [-0.15, -0.1) is 0 Å². The summed E-state index contributed by atoms with van der Waals surface area (Å²) in [6, 6.07) is 11.1. The summed E-state index contributed by atoms with van der Waals surface area (Å²) in [7, 11) is 0. The van der Waals surface area contributed by atoms with Crippen molar-refractivity contribution >= 4 is 38.4 Å². The molecule has 0 N–H and O–H groups in total. The van der Waals surface area contributed by atoms with Gasteiger partial charge >= 0.3 is 0 Å². The second kappa shape index (κ2) is 8.99. The van der Waals surface area contributed by atoms with Gasteiger partial charge in [-0.1, -0.05) is 23.5 Å². The first-order valence-electron chi connectivity index (χ1n) is 9.80. The molecule has 0 spiro atoms. The van der Waals surface area contributed by atoms with Gasteiger partial charge in [-0.3, -0.25) is 19.4 Å². The first kappa shape index (κ1) is 20.6.